The van der Waals surface area contributed by atoms with Crippen LogP contribution in [-0.2, 0) is 18.8 Å². The lowest BCUT2D eigenvalue weighted by Crippen LogP contribution is -2.23. The monoisotopic (exact) mass is 434 g/mol. The SMILES string of the molecule is Cc1csc(SCc2ccc(C(=O)NCc3ccccc3Cn3cccn3)cc2)n1. The van der Waals surface area contributed by atoms with Crippen molar-refractivity contribution in [3.05, 3.63) is 100 Å². The molecule has 0 bridgehead atoms. The number of carbonyl (C=O) groups excluding carboxylic acids is 1. The van der Waals surface area contributed by atoms with E-state index in [2.05, 4.69) is 26.8 Å². The highest BCUT2D eigenvalue weighted by molar-refractivity contribution is 8.00. The molecule has 1 N–H and O–H groups in total. The minimum Gasteiger partial charge on any atom is -0.348 e. The van der Waals surface area contributed by atoms with Crippen molar-refractivity contribution in [2.24, 2.45) is 0 Å². The molecule has 0 aliphatic rings. The number of hydrogen-bond acceptors (Lipinski definition) is 5. The topological polar surface area (TPSA) is 59.8 Å². The molecule has 152 valence electrons. The first kappa shape index (κ1) is 20.4. The van der Waals surface area contributed by atoms with E-state index in [9.17, 15) is 4.79 Å². The number of carbonyl (C=O) groups is 1. The Labute approximate surface area is 184 Å². The van der Waals surface area contributed by atoms with Crippen LogP contribution in [-0.4, -0.2) is 20.7 Å². The van der Waals surface area contributed by atoms with Crippen molar-refractivity contribution in [2.45, 2.75) is 30.1 Å². The van der Waals surface area contributed by atoms with Gasteiger partial charge in [0.25, 0.3) is 5.91 Å². The minimum atomic E-state index is -0.0707. The number of hydrogen-bond donors (Lipinski definition) is 1. The fourth-order valence-corrected chi connectivity index (χ4v) is 4.83. The van der Waals surface area contributed by atoms with Crippen LogP contribution < -0.4 is 5.32 Å². The number of aromatic nitrogens is 3. The second-order valence-electron chi connectivity index (χ2n) is 6.90. The van der Waals surface area contributed by atoms with E-state index >= 15 is 0 Å². The molecule has 7 heteroatoms. The summed E-state index contributed by atoms with van der Waals surface area (Å²) >= 11 is 3.38. The van der Waals surface area contributed by atoms with Gasteiger partial charge in [0.1, 0.15) is 4.34 Å². The zero-order chi connectivity index (χ0) is 20.8. The van der Waals surface area contributed by atoms with Crippen molar-refractivity contribution in [3.63, 3.8) is 0 Å². The molecule has 0 aliphatic heterocycles. The van der Waals surface area contributed by atoms with E-state index < -0.39 is 0 Å². The van der Waals surface area contributed by atoms with E-state index in [0.717, 1.165) is 26.9 Å². The van der Waals surface area contributed by atoms with Crippen molar-refractivity contribution in [2.75, 3.05) is 0 Å². The Bertz CT molecular complexity index is 1100. The molecule has 1 amide bonds. The van der Waals surface area contributed by atoms with Crippen LogP contribution in [0.4, 0.5) is 0 Å². The number of rotatable bonds is 8. The van der Waals surface area contributed by atoms with E-state index in [0.29, 0.717) is 18.7 Å². The zero-order valence-electron chi connectivity index (χ0n) is 16.6. The summed E-state index contributed by atoms with van der Waals surface area (Å²) in [7, 11) is 0. The summed E-state index contributed by atoms with van der Waals surface area (Å²) in [5, 5.41) is 9.36. The van der Waals surface area contributed by atoms with Gasteiger partial charge in [-0.05, 0) is 41.8 Å². The van der Waals surface area contributed by atoms with Crippen molar-refractivity contribution < 1.29 is 4.79 Å². The van der Waals surface area contributed by atoms with E-state index in [-0.39, 0.29) is 5.91 Å². The van der Waals surface area contributed by atoms with Gasteiger partial charge in [-0.25, -0.2) is 4.98 Å². The molecule has 0 fully saturated rings. The second-order valence-corrected chi connectivity index (χ2v) is 8.98. The molecule has 0 atom stereocenters. The summed E-state index contributed by atoms with van der Waals surface area (Å²) in [6, 6.07) is 17.8. The fraction of sp³-hybridized carbons (Fsp3) is 0.174. The number of amides is 1. The quantitative estimate of drug-likeness (QED) is 0.400. The Morgan fingerprint density at radius 3 is 2.60 bits per heavy atom. The predicted octanol–water partition coefficient (Wildman–Crippen LogP) is 4.92. The average Bonchev–Trinajstić information content (AvgIpc) is 3.43. The molecule has 0 unspecified atom stereocenters. The van der Waals surface area contributed by atoms with Gasteiger partial charge in [0.05, 0.1) is 6.54 Å². The van der Waals surface area contributed by atoms with Crippen LogP contribution in [0.5, 0.6) is 0 Å². The van der Waals surface area contributed by atoms with Crippen LogP contribution in [0.3, 0.4) is 0 Å². The van der Waals surface area contributed by atoms with Crippen LogP contribution in [0.15, 0.2) is 76.7 Å². The molecule has 0 saturated heterocycles. The first-order valence-corrected chi connectivity index (χ1v) is 11.5. The normalized spacial score (nSPS) is 10.8. The maximum absolute atomic E-state index is 12.6. The molecule has 2 aromatic heterocycles. The van der Waals surface area contributed by atoms with Gasteiger partial charge in [-0.2, -0.15) is 5.10 Å². The van der Waals surface area contributed by atoms with Gasteiger partial charge in [0, 0.05) is 41.3 Å². The summed E-state index contributed by atoms with van der Waals surface area (Å²) in [5.41, 5.74) is 5.13. The van der Waals surface area contributed by atoms with Gasteiger partial charge in [0.15, 0.2) is 0 Å². The van der Waals surface area contributed by atoms with Crippen molar-refractivity contribution in [1.29, 1.82) is 0 Å². The first-order chi connectivity index (χ1) is 14.7. The molecule has 2 aromatic carbocycles. The van der Waals surface area contributed by atoms with E-state index in [1.165, 1.54) is 5.56 Å². The highest BCUT2D eigenvalue weighted by Gasteiger charge is 2.08. The first-order valence-electron chi connectivity index (χ1n) is 9.63. The van der Waals surface area contributed by atoms with Gasteiger partial charge < -0.3 is 5.32 Å². The van der Waals surface area contributed by atoms with Crippen LogP contribution in [0.2, 0.25) is 0 Å². The third-order valence-corrected chi connectivity index (χ3v) is 6.84. The Morgan fingerprint density at radius 1 is 1.10 bits per heavy atom. The Hall–Kier alpha value is -2.90. The molecule has 4 aromatic rings. The Balaban J connectivity index is 1.33. The van der Waals surface area contributed by atoms with E-state index in [1.807, 2.05) is 66.3 Å². The highest BCUT2D eigenvalue weighted by atomic mass is 32.2. The van der Waals surface area contributed by atoms with Gasteiger partial charge in [-0.15, -0.1) is 11.3 Å². The maximum atomic E-state index is 12.6. The van der Waals surface area contributed by atoms with Gasteiger partial charge in [-0.3, -0.25) is 9.48 Å². The van der Waals surface area contributed by atoms with Gasteiger partial charge in [-0.1, -0.05) is 48.2 Å². The number of thioether (sulfide) groups is 1. The lowest BCUT2D eigenvalue weighted by atomic mass is 10.1. The third kappa shape index (κ3) is 5.37. The summed E-state index contributed by atoms with van der Waals surface area (Å²) in [4.78, 5) is 17.1. The van der Waals surface area contributed by atoms with Crippen LogP contribution in [0.25, 0.3) is 0 Å². The largest absolute Gasteiger partial charge is 0.348 e. The fourth-order valence-electron chi connectivity index (χ4n) is 3.03. The molecular formula is C23H22N4OS2. The van der Waals surface area contributed by atoms with E-state index in [1.54, 1.807) is 29.3 Å². The maximum Gasteiger partial charge on any atom is 0.251 e. The molecule has 0 spiro atoms. The van der Waals surface area contributed by atoms with Crippen molar-refractivity contribution in [1.82, 2.24) is 20.1 Å². The van der Waals surface area contributed by atoms with Crippen LogP contribution >= 0.6 is 23.1 Å². The van der Waals surface area contributed by atoms with Crippen LogP contribution in [0.1, 0.15) is 32.7 Å². The number of aryl methyl sites for hydroxylation is 1. The molecule has 0 aliphatic carbocycles. The number of benzene rings is 2. The molecule has 0 saturated carbocycles. The molecule has 30 heavy (non-hydrogen) atoms. The summed E-state index contributed by atoms with van der Waals surface area (Å²) in [6.45, 7) is 3.17. The Kier molecular flexibility index (Phi) is 6.61. The number of nitrogens with zero attached hydrogens (tertiary/aromatic N) is 3. The smallest absolute Gasteiger partial charge is 0.251 e. The van der Waals surface area contributed by atoms with Crippen molar-refractivity contribution in [3.8, 4) is 0 Å². The molecule has 4 rings (SSSR count). The lowest BCUT2D eigenvalue weighted by molar-refractivity contribution is 0.0951. The van der Waals surface area contributed by atoms with Crippen LogP contribution in [0, 0.1) is 6.92 Å². The second kappa shape index (κ2) is 9.73. The van der Waals surface area contributed by atoms with Crippen molar-refractivity contribution >= 4 is 29.0 Å². The average molecular weight is 435 g/mol. The highest BCUT2D eigenvalue weighted by Crippen LogP contribution is 2.26. The standard InChI is InChI=1S/C23H22N4OS2/c1-17-15-29-23(26-17)30-16-18-7-9-19(10-8-18)22(28)24-13-20-5-2-3-6-21(20)14-27-12-4-11-25-27/h2-12,15H,13-14,16H2,1H3,(H,24,28). The summed E-state index contributed by atoms with van der Waals surface area (Å²) in [6.07, 6.45) is 3.70. The number of nitrogens with one attached hydrogen (secondary N) is 1. The molecule has 0 radical (unpaired) electrons. The summed E-state index contributed by atoms with van der Waals surface area (Å²) in [5.74, 6) is 0.772. The van der Waals surface area contributed by atoms with E-state index in [4.69, 9.17) is 0 Å². The minimum absolute atomic E-state index is 0.0707. The molecule has 5 nitrogen and oxygen atoms in total. The lowest BCUT2D eigenvalue weighted by Gasteiger charge is -2.11. The molecular weight excluding hydrogens is 412 g/mol. The van der Waals surface area contributed by atoms with Gasteiger partial charge in [0.2, 0.25) is 0 Å². The predicted molar refractivity (Wildman–Crippen MR) is 122 cm³/mol. The third-order valence-electron chi connectivity index (χ3n) is 4.63. The molecule has 2 heterocycles. The summed E-state index contributed by atoms with van der Waals surface area (Å²) < 4.78 is 2.95. The van der Waals surface area contributed by atoms with Gasteiger partial charge >= 0.3 is 0 Å². The zero-order valence-corrected chi connectivity index (χ0v) is 18.2. The number of thiazole rings is 1. The Morgan fingerprint density at radius 2 is 1.90 bits per heavy atom.